The first kappa shape index (κ1) is 23.9. The summed E-state index contributed by atoms with van der Waals surface area (Å²) in [7, 11) is 1.74. The molecule has 2 aromatic carbocycles. The van der Waals surface area contributed by atoms with E-state index in [2.05, 4.69) is 5.32 Å². The summed E-state index contributed by atoms with van der Waals surface area (Å²) in [5, 5.41) is 10.4. The maximum absolute atomic E-state index is 12.6. The van der Waals surface area contributed by atoms with Gasteiger partial charge in [0.25, 0.3) is 17.9 Å². The van der Waals surface area contributed by atoms with E-state index >= 15 is 0 Å². The number of hydrogen-bond donors (Lipinski definition) is 2. The van der Waals surface area contributed by atoms with E-state index in [-0.39, 0.29) is 24.0 Å². The minimum atomic E-state index is -0.250. The molecular weight excluding hydrogens is 416 g/mol. The summed E-state index contributed by atoms with van der Waals surface area (Å²) in [6, 6.07) is 16.9. The van der Waals surface area contributed by atoms with Crippen molar-refractivity contribution >= 4 is 24.0 Å². The SMILES string of the molecule is Cc1cccc(Cl)c1C(=O)NC(C)Cc1ccc(-c2cccn(C)c2=O)cc1.O=CO. The quantitative estimate of drug-likeness (QED) is 0.585. The van der Waals surface area contributed by atoms with Crippen LogP contribution >= 0.6 is 11.6 Å². The number of pyridine rings is 1. The van der Waals surface area contributed by atoms with E-state index in [1.807, 2.05) is 62.4 Å². The van der Waals surface area contributed by atoms with Crippen molar-refractivity contribution in [1.82, 2.24) is 9.88 Å². The Labute approximate surface area is 186 Å². The zero-order valence-electron chi connectivity index (χ0n) is 17.6. The van der Waals surface area contributed by atoms with Crippen molar-refractivity contribution in [3.63, 3.8) is 0 Å². The van der Waals surface area contributed by atoms with Gasteiger partial charge in [-0.1, -0.05) is 48.0 Å². The standard InChI is InChI=1S/C23H23ClN2O2.CH2O2/c1-15-6-4-8-20(24)21(15)22(27)25-16(2)14-17-9-11-18(12-10-17)19-7-5-13-26(3)23(19)28;2-1-3/h4-13,16H,14H2,1-3H3,(H,25,27);1H,(H,2,3). The van der Waals surface area contributed by atoms with Gasteiger partial charge >= 0.3 is 0 Å². The number of carbonyl (C=O) groups is 2. The molecular formula is C24H25ClN2O4. The molecule has 0 aliphatic carbocycles. The van der Waals surface area contributed by atoms with E-state index in [9.17, 15) is 9.59 Å². The molecule has 1 heterocycles. The Morgan fingerprint density at radius 2 is 1.81 bits per heavy atom. The highest BCUT2D eigenvalue weighted by atomic mass is 35.5. The van der Waals surface area contributed by atoms with Crippen molar-refractivity contribution in [3.8, 4) is 11.1 Å². The number of carbonyl (C=O) groups excluding carboxylic acids is 1. The number of carboxylic acid groups (broad SMARTS) is 1. The number of nitrogens with zero attached hydrogens (tertiary/aromatic N) is 1. The number of amides is 1. The average molecular weight is 441 g/mol. The lowest BCUT2D eigenvalue weighted by Gasteiger charge is -2.16. The third-order valence-electron chi connectivity index (χ3n) is 4.76. The molecule has 0 aliphatic rings. The number of aryl methyl sites for hydroxylation is 2. The Morgan fingerprint density at radius 1 is 1.16 bits per heavy atom. The number of rotatable bonds is 5. The van der Waals surface area contributed by atoms with Crippen LogP contribution in [0.2, 0.25) is 5.02 Å². The number of nitrogens with one attached hydrogen (secondary N) is 1. The van der Waals surface area contributed by atoms with E-state index in [1.165, 1.54) is 0 Å². The summed E-state index contributed by atoms with van der Waals surface area (Å²) in [5.41, 5.74) is 3.99. The van der Waals surface area contributed by atoms with E-state index in [1.54, 1.807) is 23.9 Å². The third-order valence-corrected chi connectivity index (χ3v) is 5.07. The highest BCUT2D eigenvalue weighted by molar-refractivity contribution is 6.34. The summed E-state index contributed by atoms with van der Waals surface area (Å²) < 4.78 is 1.57. The molecule has 1 aromatic heterocycles. The fourth-order valence-corrected chi connectivity index (χ4v) is 3.57. The number of benzene rings is 2. The summed E-state index contributed by atoms with van der Waals surface area (Å²) >= 11 is 6.18. The van der Waals surface area contributed by atoms with E-state index < -0.39 is 0 Å². The first-order valence-corrected chi connectivity index (χ1v) is 10.0. The van der Waals surface area contributed by atoms with Crippen LogP contribution in [0.25, 0.3) is 11.1 Å². The van der Waals surface area contributed by atoms with Crippen molar-refractivity contribution in [2.45, 2.75) is 26.3 Å². The summed E-state index contributed by atoms with van der Waals surface area (Å²) in [5.74, 6) is -0.167. The fraction of sp³-hybridized carbons (Fsp3) is 0.208. The van der Waals surface area contributed by atoms with Crippen LogP contribution in [0.15, 0.2) is 65.6 Å². The minimum Gasteiger partial charge on any atom is -0.483 e. The first-order valence-electron chi connectivity index (χ1n) is 9.67. The van der Waals surface area contributed by atoms with Crippen LogP contribution in [0.1, 0.15) is 28.4 Å². The fourth-order valence-electron chi connectivity index (χ4n) is 3.26. The third kappa shape index (κ3) is 6.30. The van der Waals surface area contributed by atoms with Gasteiger partial charge in [-0.2, -0.15) is 0 Å². The molecule has 0 radical (unpaired) electrons. The molecule has 3 rings (SSSR count). The molecule has 1 atom stereocenters. The van der Waals surface area contributed by atoms with Gasteiger partial charge in [0.1, 0.15) is 0 Å². The van der Waals surface area contributed by atoms with Crippen molar-refractivity contribution in [1.29, 1.82) is 0 Å². The van der Waals surface area contributed by atoms with Crippen LogP contribution in [0, 0.1) is 6.92 Å². The van der Waals surface area contributed by atoms with Crippen molar-refractivity contribution in [2.75, 3.05) is 0 Å². The Morgan fingerprint density at radius 3 is 2.42 bits per heavy atom. The lowest BCUT2D eigenvalue weighted by molar-refractivity contribution is -0.122. The predicted octanol–water partition coefficient (Wildman–Crippen LogP) is 4.08. The van der Waals surface area contributed by atoms with Crippen molar-refractivity contribution in [2.24, 2.45) is 7.05 Å². The molecule has 0 spiro atoms. The molecule has 1 amide bonds. The van der Waals surface area contributed by atoms with E-state index in [0.29, 0.717) is 22.6 Å². The Kier molecular flexibility index (Phi) is 8.58. The zero-order valence-corrected chi connectivity index (χ0v) is 18.4. The molecule has 0 saturated carbocycles. The second-order valence-corrected chi connectivity index (χ2v) is 7.56. The highest BCUT2D eigenvalue weighted by Crippen LogP contribution is 2.20. The normalized spacial score (nSPS) is 11.1. The molecule has 162 valence electrons. The maximum atomic E-state index is 12.6. The molecule has 6 nitrogen and oxygen atoms in total. The number of halogens is 1. The highest BCUT2D eigenvalue weighted by Gasteiger charge is 2.15. The van der Waals surface area contributed by atoms with Gasteiger partial charge in [0.15, 0.2) is 0 Å². The molecule has 2 N–H and O–H groups in total. The van der Waals surface area contributed by atoms with Crippen LogP contribution in [-0.2, 0) is 18.3 Å². The van der Waals surface area contributed by atoms with Gasteiger partial charge in [-0.3, -0.25) is 14.4 Å². The molecule has 1 unspecified atom stereocenters. The maximum Gasteiger partial charge on any atom is 0.290 e. The number of aromatic nitrogens is 1. The lowest BCUT2D eigenvalue weighted by atomic mass is 10.0. The van der Waals surface area contributed by atoms with Gasteiger partial charge in [-0.25, -0.2) is 0 Å². The van der Waals surface area contributed by atoms with Crippen LogP contribution in [0.4, 0.5) is 0 Å². The van der Waals surface area contributed by atoms with Crippen LogP contribution < -0.4 is 10.9 Å². The smallest absolute Gasteiger partial charge is 0.290 e. The van der Waals surface area contributed by atoms with Crippen LogP contribution in [0.5, 0.6) is 0 Å². The van der Waals surface area contributed by atoms with Crippen molar-refractivity contribution < 1.29 is 14.7 Å². The van der Waals surface area contributed by atoms with Gasteiger partial charge in [0.2, 0.25) is 0 Å². The van der Waals surface area contributed by atoms with Gasteiger partial charge in [0, 0.05) is 24.8 Å². The van der Waals surface area contributed by atoms with Gasteiger partial charge < -0.3 is 15.0 Å². The molecule has 0 saturated heterocycles. The first-order chi connectivity index (χ1) is 14.8. The van der Waals surface area contributed by atoms with Crippen LogP contribution in [0.3, 0.4) is 0 Å². The van der Waals surface area contributed by atoms with Crippen LogP contribution in [-0.4, -0.2) is 28.1 Å². The summed E-state index contributed by atoms with van der Waals surface area (Å²) in [4.78, 5) is 33.2. The molecule has 0 fully saturated rings. The molecule has 0 aliphatic heterocycles. The zero-order chi connectivity index (χ0) is 23.0. The van der Waals surface area contributed by atoms with Gasteiger partial charge in [-0.15, -0.1) is 0 Å². The topological polar surface area (TPSA) is 88.4 Å². The summed E-state index contributed by atoms with van der Waals surface area (Å²) in [6.07, 6.45) is 2.42. The monoisotopic (exact) mass is 440 g/mol. The lowest BCUT2D eigenvalue weighted by Crippen LogP contribution is -2.34. The average Bonchev–Trinajstić information content (AvgIpc) is 2.71. The molecule has 7 heteroatoms. The second-order valence-electron chi connectivity index (χ2n) is 7.15. The second kappa shape index (κ2) is 11.1. The Balaban J connectivity index is 0.00000107. The molecule has 31 heavy (non-hydrogen) atoms. The van der Waals surface area contributed by atoms with Gasteiger partial charge in [0.05, 0.1) is 10.6 Å². The Bertz CT molecular complexity index is 1090. The molecule has 3 aromatic rings. The largest absolute Gasteiger partial charge is 0.483 e. The van der Waals surface area contributed by atoms with Crippen molar-refractivity contribution in [3.05, 3.63) is 92.9 Å². The van der Waals surface area contributed by atoms with E-state index in [0.717, 1.165) is 16.7 Å². The minimum absolute atomic E-state index is 0.0222. The van der Waals surface area contributed by atoms with E-state index in [4.69, 9.17) is 21.5 Å². The number of hydrogen-bond acceptors (Lipinski definition) is 3. The van der Waals surface area contributed by atoms with Gasteiger partial charge in [-0.05, 0) is 55.2 Å². The molecule has 0 bridgehead atoms. The predicted molar refractivity (Wildman–Crippen MR) is 123 cm³/mol. The Hall–Kier alpha value is -3.38. The summed E-state index contributed by atoms with van der Waals surface area (Å²) in [6.45, 7) is 3.59.